The molecule has 3 rings (SSSR count). The van der Waals surface area contributed by atoms with Gasteiger partial charge in [-0.25, -0.2) is 19.7 Å². The predicted molar refractivity (Wildman–Crippen MR) is 83.2 cm³/mol. The number of urea groups is 1. The molecule has 1 aromatic carbocycles. The molecule has 0 bridgehead atoms. The lowest BCUT2D eigenvalue weighted by atomic mass is 10.3. The van der Waals surface area contributed by atoms with Crippen molar-refractivity contribution in [1.82, 2.24) is 19.5 Å². The minimum atomic E-state index is -0.441. The Kier molecular flexibility index (Phi) is 3.97. The fourth-order valence-corrected chi connectivity index (χ4v) is 1.97. The van der Waals surface area contributed by atoms with Gasteiger partial charge in [-0.05, 0) is 12.1 Å². The molecule has 7 nitrogen and oxygen atoms in total. The standard InChI is InChI=1S/C14H11ClN6O/c15-10-3-1-2-4-11(10)19-14(22)20-12-7-13(18-8-17-12)21-6-5-16-9-21/h1-9H,(H2,17,18,19,20,22). The molecule has 0 spiro atoms. The number of nitrogens with zero attached hydrogens (tertiary/aromatic N) is 4. The maximum Gasteiger partial charge on any atom is 0.324 e. The molecule has 3 aromatic rings. The molecule has 0 radical (unpaired) electrons. The normalized spacial score (nSPS) is 10.2. The Hall–Kier alpha value is -2.93. The predicted octanol–water partition coefficient (Wildman–Crippen LogP) is 2.96. The fraction of sp³-hybridized carbons (Fsp3) is 0. The van der Waals surface area contributed by atoms with Gasteiger partial charge < -0.3 is 5.32 Å². The highest BCUT2D eigenvalue weighted by Gasteiger charge is 2.07. The minimum Gasteiger partial charge on any atom is -0.306 e. The quantitative estimate of drug-likeness (QED) is 0.778. The Morgan fingerprint density at radius 3 is 2.82 bits per heavy atom. The van der Waals surface area contributed by atoms with E-state index in [0.717, 1.165) is 0 Å². The summed E-state index contributed by atoms with van der Waals surface area (Å²) in [4.78, 5) is 24.0. The van der Waals surface area contributed by atoms with E-state index in [9.17, 15) is 4.79 Å². The molecule has 2 N–H and O–H groups in total. The van der Waals surface area contributed by atoms with Gasteiger partial charge in [0.05, 0.1) is 10.7 Å². The number of nitrogens with one attached hydrogen (secondary N) is 2. The van der Waals surface area contributed by atoms with Crippen molar-refractivity contribution in [2.45, 2.75) is 0 Å². The first-order valence-corrected chi connectivity index (χ1v) is 6.73. The summed E-state index contributed by atoms with van der Waals surface area (Å²) in [5, 5.41) is 5.74. The Balaban J connectivity index is 1.72. The number of hydrogen-bond donors (Lipinski definition) is 2. The van der Waals surface area contributed by atoms with Gasteiger partial charge in [0.2, 0.25) is 0 Å². The maximum atomic E-state index is 12.0. The molecule has 2 aromatic heterocycles. The molecular weight excluding hydrogens is 304 g/mol. The van der Waals surface area contributed by atoms with Gasteiger partial charge in [-0.2, -0.15) is 0 Å². The first-order valence-electron chi connectivity index (χ1n) is 6.35. The van der Waals surface area contributed by atoms with Crippen molar-refractivity contribution in [3.63, 3.8) is 0 Å². The molecule has 0 aliphatic heterocycles. The summed E-state index contributed by atoms with van der Waals surface area (Å²) in [7, 11) is 0. The lowest BCUT2D eigenvalue weighted by Crippen LogP contribution is -2.20. The topological polar surface area (TPSA) is 84.7 Å². The molecule has 2 heterocycles. The van der Waals surface area contributed by atoms with Crippen LogP contribution in [0, 0.1) is 0 Å². The average Bonchev–Trinajstić information content (AvgIpc) is 3.04. The van der Waals surface area contributed by atoms with Crippen LogP contribution in [0.15, 0.2) is 55.4 Å². The molecular formula is C14H11ClN6O. The number of amides is 2. The van der Waals surface area contributed by atoms with Crippen molar-refractivity contribution in [1.29, 1.82) is 0 Å². The molecule has 22 heavy (non-hydrogen) atoms. The second kappa shape index (κ2) is 6.23. The van der Waals surface area contributed by atoms with Gasteiger partial charge in [0.15, 0.2) is 0 Å². The van der Waals surface area contributed by atoms with Crippen LogP contribution >= 0.6 is 11.6 Å². The van der Waals surface area contributed by atoms with Crippen LogP contribution in [0.2, 0.25) is 5.02 Å². The molecule has 8 heteroatoms. The molecule has 0 unspecified atom stereocenters. The van der Waals surface area contributed by atoms with Crippen LogP contribution in [0.5, 0.6) is 0 Å². The van der Waals surface area contributed by atoms with Crippen molar-refractivity contribution in [3.8, 4) is 5.82 Å². The molecule has 110 valence electrons. The van der Waals surface area contributed by atoms with Gasteiger partial charge in [-0.1, -0.05) is 23.7 Å². The van der Waals surface area contributed by atoms with E-state index in [-0.39, 0.29) is 0 Å². The summed E-state index contributed by atoms with van der Waals surface area (Å²) in [5.74, 6) is 0.962. The maximum absolute atomic E-state index is 12.0. The highest BCUT2D eigenvalue weighted by molar-refractivity contribution is 6.33. The molecule has 0 fully saturated rings. The summed E-state index contributed by atoms with van der Waals surface area (Å²) >= 11 is 5.99. The molecule has 0 saturated carbocycles. The number of halogens is 1. The van der Waals surface area contributed by atoms with Gasteiger partial charge in [-0.15, -0.1) is 0 Å². The molecule has 0 saturated heterocycles. The number of imidazole rings is 1. The molecule has 0 atom stereocenters. The molecule has 0 aliphatic carbocycles. The van der Waals surface area contributed by atoms with E-state index in [1.54, 1.807) is 53.6 Å². The lowest BCUT2D eigenvalue weighted by molar-refractivity contribution is 0.262. The first-order chi connectivity index (χ1) is 10.7. The smallest absolute Gasteiger partial charge is 0.306 e. The van der Waals surface area contributed by atoms with Crippen LogP contribution in [-0.2, 0) is 0 Å². The lowest BCUT2D eigenvalue weighted by Gasteiger charge is -2.09. The summed E-state index contributed by atoms with van der Waals surface area (Å²) < 4.78 is 1.71. The molecule has 2 amide bonds. The summed E-state index contributed by atoms with van der Waals surface area (Å²) in [6.07, 6.45) is 6.35. The highest BCUT2D eigenvalue weighted by Crippen LogP contribution is 2.20. The van der Waals surface area contributed by atoms with E-state index in [4.69, 9.17) is 11.6 Å². The zero-order valence-corrected chi connectivity index (χ0v) is 12.0. The van der Waals surface area contributed by atoms with E-state index in [0.29, 0.717) is 22.3 Å². The number of aromatic nitrogens is 4. The monoisotopic (exact) mass is 314 g/mol. The van der Waals surface area contributed by atoms with Crippen LogP contribution in [0.3, 0.4) is 0 Å². The van der Waals surface area contributed by atoms with Crippen molar-refractivity contribution < 1.29 is 4.79 Å². The van der Waals surface area contributed by atoms with Gasteiger partial charge in [0, 0.05) is 18.5 Å². The van der Waals surface area contributed by atoms with Crippen LogP contribution < -0.4 is 10.6 Å². The third-order valence-corrected chi connectivity index (χ3v) is 3.11. The number of para-hydroxylation sites is 1. The van der Waals surface area contributed by atoms with Crippen LogP contribution in [-0.4, -0.2) is 25.6 Å². The number of hydrogen-bond acceptors (Lipinski definition) is 4. The van der Waals surface area contributed by atoms with Crippen LogP contribution in [0.25, 0.3) is 5.82 Å². The van der Waals surface area contributed by atoms with Crippen LogP contribution in [0.4, 0.5) is 16.3 Å². The Labute approximate surface area is 131 Å². The summed E-state index contributed by atoms with van der Waals surface area (Å²) in [5.41, 5.74) is 0.519. The number of carbonyl (C=O) groups excluding carboxylic acids is 1. The summed E-state index contributed by atoms with van der Waals surface area (Å²) in [6, 6.07) is 8.16. The van der Waals surface area contributed by atoms with E-state index in [1.165, 1.54) is 6.33 Å². The van der Waals surface area contributed by atoms with E-state index in [1.807, 2.05) is 0 Å². The zero-order valence-electron chi connectivity index (χ0n) is 11.3. The number of anilines is 2. The Morgan fingerprint density at radius 2 is 2.05 bits per heavy atom. The Morgan fingerprint density at radius 1 is 1.18 bits per heavy atom. The summed E-state index contributed by atoms with van der Waals surface area (Å²) in [6.45, 7) is 0. The Bertz CT molecular complexity index is 790. The second-order valence-electron chi connectivity index (χ2n) is 4.29. The van der Waals surface area contributed by atoms with E-state index < -0.39 is 6.03 Å². The fourth-order valence-electron chi connectivity index (χ4n) is 1.78. The van der Waals surface area contributed by atoms with Crippen molar-refractivity contribution >= 4 is 29.1 Å². The third kappa shape index (κ3) is 3.21. The van der Waals surface area contributed by atoms with Gasteiger partial charge in [0.25, 0.3) is 0 Å². The first kappa shape index (κ1) is 14.0. The van der Waals surface area contributed by atoms with E-state index in [2.05, 4.69) is 25.6 Å². The number of carbonyl (C=O) groups is 1. The van der Waals surface area contributed by atoms with Crippen molar-refractivity contribution in [2.24, 2.45) is 0 Å². The van der Waals surface area contributed by atoms with Crippen molar-refractivity contribution in [2.75, 3.05) is 10.6 Å². The van der Waals surface area contributed by atoms with Crippen molar-refractivity contribution in [3.05, 3.63) is 60.4 Å². The number of benzene rings is 1. The zero-order chi connectivity index (χ0) is 15.4. The highest BCUT2D eigenvalue weighted by atomic mass is 35.5. The van der Waals surface area contributed by atoms with Crippen LogP contribution in [0.1, 0.15) is 0 Å². The average molecular weight is 315 g/mol. The largest absolute Gasteiger partial charge is 0.324 e. The van der Waals surface area contributed by atoms with Gasteiger partial charge in [0.1, 0.15) is 24.3 Å². The minimum absolute atomic E-state index is 0.364. The second-order valence-corrected chi connectivity index (χ2v) is 4.70. The molecule has 0 aliphatic rings. The van der Waals surface area contributed by atoms with E-state index >= 15 is 0 Å². The third-order valence-electron chi connectivity index (χ3n) is 2.79. The number of rotatable bonds is 3. The SMILES string of the molecule is O=C(Nc1cc(-n2ccnc2)ncn1)Nc1ccccc1Cl. The van der Waals surface area contributed by atoms with Gasteiger partial charge >= 0.3 is 6.03 Å². The van der Waals surface area contributed by atoms with Gasteiger partial charge in [-0.3, -0.25) is 9.88 Å².